The monoisotopic (exact) mass is 354 g/mol. The number of anilines is 2. The molecule has 0 aliphatic carbocycles. The summed E-state index contributed by atoms with van der Waals surface area (Å²) in [6.45, 7) is 1.39. The number of nitrogens with one attached hydrogen (secondary N) is 2. The molecule has 2 amide bonds. The van der Waals surface area contributed by atoms with Gasteiger partial charge in [0.25, 0.3) is 0 Å². The lowest BCUT2D eigenvalue weighted by molar-refractivity contribution is -0.114. The number of thioether (sulfide) groups is 1. The summed E-state index contributed by atoms with van der Waals surface area (Å²) in [5, 5.41) is 4.80. The zero-order valence-corrected chi connectivity index (χ0v) is 13.3. The van der Waals surface area contributed by atoms with Crippen molar-refractivity contribution in [3.8, 4) is 0 Å². The van der Waals surface area contributed by atoms with Crippen LogP contribution in [0.15, 0.2) is 41.3 Å². The van der Waals surface area contributed by atoms with Crippen molar-refractivity contribution in [2.45, 2.75) is 11.8 Å². The maximum atomic E-state index is 13.5. The number of benzene rings is 2. The minimum absolute atomic E-state index is 0.0437. The van der Waals surface area contributed by atoms with E-state index in [1.807, 2.05) is 0 Å². The van der Waals surface area contributed by atoms with Crippen molar-refractivity contribution in [2.24, 2.45) is 0 Å². The molecule has 0 saturated carbocycles. The van der Waals surface area contributed by atoms with Crippen LogP contribution in [0.1, 0.15) is 6.92 Å². The van der Waals surface area contributed by atoms with Crippen LogP contribution in [0.4, 0.5) is 24.5 Å². The number of hydrogen-bond acceptors (Lipinski definition) is 3. The van der Waals surface area contributed by atoms with Crippen molar-refractivity contribution in [1.82, 2.24) is 0 Å². The van der Waals surface area contributed by atoms with Crippen molar-refractivity contribution in [2.75, 3.05) is 16.4 Å². The highest BCUT2D eigenvalue weighted by atomic mass is 32.2. The van der Waals surface area contributed by atoms with Gasteiger partial charge < -0.3 is 10.6 Å². The molecule has 2 aromatic rings. The first kappa shape index (κ1) is 17.9. The van der Waals surface area contributed by atoms with E-state index >= 15 is 0 Å². The Balaban J connectivity index is 1.91. The molecule has 0 saturated heterocycles. The molecule has 0 unspecified atom stereocenters. The molecular formula is C16H13F3N2O2S. The van der Waals surface area contributed by atoms with Crippen molar-refractivity contribution in [1.29, 1.82) is 0 Å². The fourth-order valence-corrected chi connectivity index (χ4v) is 2.49. The SMILES string of the molecule is CC(=O)Nc1ccc(SCC(=O)Nc2ccc(F)c(F)c2F)cc1. The van der Waals surface area contributed by atoms with Gasteiger partial charge in [-0.2, -0.15) is 0 Å². The lowest BCUT2D eigenvalue weighted by atomic mass is 10.3. The number of carbonyl (C=O) groups excluding carboxylic acids is 2. The first-order chi connectivity index (χ1) is 11.4. The number of hydrogen-bond donors (Lipinski definition) is 2. The van der Waals surface area contributed by atoms with Crippen LogP contribution in [0.5, 0.6) is 0 Å². The molecule has 0 aromatic heterocycles. The number of rotatable bonds is 5. The predicted molar refractivity (Wildman–Crippen MR) is 86.4 cm³/mol. The molecule has 126 valence electrons. The van der Waals surface area contributed by atoms with Gasteiger partial charge in [0.1, 0.15) is 0 Å². The fraction of sp³-hybridized carbons (Fsp3) is 0.125. The molecule has 0 radical (unpaired) electrons. The first-order valence-electron chi connectivity index (χ1n) is 6.80. The third-order valence-electron chi connectivity index (χ3n) is 2.85. The molecule has 8 heteroatoms. The number of carbonyl (C=O) groups is 2. The molecule has 24 heavy (non-hydrogen) atoms. The van der Waals surface area contributed by atoms with Crippen LogP contribution in [0.3, 0.4) is 0 Å². The lowest BCUT2D eigenvalue weighted by Crippen LogP contribution is -2.15. The van der Waals surface area contributed by atoms with Crippen LogP contribution in [0.25, 0.3) is 0 Å². The summed E-state index contributed by atoms with van der Waals surface area (Å²) in [6, 6.07) is 8.47. The fourth-order valence-electron chi connectivity index (χ4n) is 1.80. The summed E-state index contributed by atoms with van der Waals surface area (Å²) < 4.78 is 39.4. The van der Waals surface area contributed by atoms with Crippen LogP contribution in [0, 0.1) is 17.5 Å². The van der Waals surface area contributed by atoms with Crippen LogP contribution in [-0.4, -0.2) is 17.6 Å². The molecule has 0 heterocycles. The normalized spacial score (nSPS) is 10.3. The van der Waals surface area contributed by atoms with Gasteiger partial charge in [-0.15, -0.1) is 11.8 Å². The van der Waals surface area contributed by atoms with E-state index in [9.17, 15) is 22.8 Å². The molecule has 4 nitrogen and oxygen atoms in total. The minimum Gasteiger partial charge on any atom is -0.326 e. The van der Waals surface area contributed by atoms with Crippen molar-refractivity contribution >= 4 is 35.0 Å². The predicted octanol–water partition coefficient (Wildman–Crippen LogP) is 3.79. The third-order valence-corrected chi connectivity index (χ3v) is 3.87. The highest BCUT2D eigenvalue weighted by Crippen LogP contribution is 2.22. The van der Waals surface area contributed by atoms with Gasteiger partial charge >= 0.3 is 0 Å². The van der Waals surface area contributed by atoms with Crippen LogP contribution in [-0.2, 0) is 9.59 Å². The zero-order valence-electron chi connectivity index (χ0n) is 12.5. The molecule has 2 rings (SSSR count). The van der Waals surface area contributed by atoms with Crippen LogP contribution < -0.4 is 10.6 Å². The summed E-state index contributed by atoms with van der Waals surface area (Å²) in [5.41, 5.74) is 0.209. The number of amides is 2. The molecule has 0 spiro atoms. The molecular weight excluding hydrogens is 341 g/mol. The Kier molecular flexibility index (Phi) is 5.86. The topological polar surface area (TPSA) is 58.2 Å². The van der Waals surface area contributed by atoms with E-state index in [0.717, 1.165) is 17.0 Å². The zero-order chi connectivity index (χ0) is 17.7. The molecule has 0 aliphatic rings. The van der Waals surface area contributed by atoms with E-state index in [0.29, 0.717) is 5.69 Å². The Morgan fingerprint density at radius 3 is 2.25 bits per heavy atom. The van der Waals surface area contributed by atoms with E-state index in [-0.39, 0.29) is 11.7 Å². The van der Waals surface area contributed by atoms with E-state index in [2.05, 4.69) is 10.6 Å². The molecule has 2 N–H and O–H groups in total. The maximum absolute atomic E-state index is 13.5. The van der Waals surface area contributed by atoms with Crippen molar-refractivity contribution in [3.63, 3.8) is 0 Å². The highest BCUT2D eigenvalue weighted by molar-refractivity contribution is 8.00. The average molecular weight is 354 g/mol. The van der Waals surface area contributed by atoms with Crippen LogP contribution >= 0.6 is 11.8 Å². The Morgan fingerprint density at radius 2 is 1.62 bits per heavy atom. The van der Waals surface area contributed by atoms with Crippen molar-refractivity contribution < 1.29 is 22.8 Å². The lowest BCUT2D eigenvalue weighted by Gasteiger charge is -2.08. The van der Waals surface area contributed by atoms with E-state index in [1.54, 1.807) is 24.3 Å². The molecule has 0 fully saturated rings. The summed E-state index contributed by atoms with van der Waals surface area (Å²) in [6.07, 6.45) is 0. The van der Waals surface area contributed by atoms with Crippen molar-refractivity contribution in [3.05, 3.63) is 53.8 Å². The third kappa shape index (κ3) is 4.76. The average Bonchev–Trinajstić information content (AvgIpc) is 2.54. The van der Waals surface area contributed by atoms with Gasteiger partial charge in [0, 0.05) is 17.5 Å². The quantitative estimate of drug-likeness (QED) is 0.634. The molecule has 0 bridgehead atoms. The molecule has 0 atom stereocenters. The molecule has 2 aromatic carbocycles. The largest absolute Gasteiger partial charge is 0.326 e. The Hall–Kier alpha value is -2.48. The summed E-state index contributed by atoms with van der Waals surface area (Å²) in [7, 11) is 0. The molecule has 0 aliphatic heterocycles. The van der Waals surface area contributed by atoms with Gasteiger partial charge in [0.2, 0.25) is 11.8 Å². The summed E-state index contributed by atoms with van der Waals surface area (Å²) in [5.74, 6) is -5.18. The maximum Gasteiger partial charge on any atom is 0.234 e. The second-order valence-electron chi connectivity index (χ2n) is 4.77. The highest BCUT2D eigenvalue weighted by Gasteiger charge is 2.15. The van der Waals surface area contributed by atoms with Crippen LogP contribution in [0.2, 0.25) is 0 Å². The second-order valence-corrected chi connectivity index (χ2v) is 5.81. The summed E-state index contributed by atoms with van der Waals surface area (Å²) >= 11 is 1.17. The Labute approximate surface area is 140 Å². The first-order valence-corrected chi connectivity index (χ1v) is 7.79. The van der Waals surface area contributed by atoms with Gasteiger partial charge in [-0.25, -0.2) is 13.2 Å². The minimum atomic E-state index is -1.63. The number of halogens is 3. The Morgan fingerprint density at radius 1 is 0.958 bits per heavy atom. The Bertz CT molecular complexity index is 767. The summed E-state index contributed by atoms with van der Waals surface area (Å²) in [4.78, 5) is 23.4. The van der Waals surface area contributed by atoms with E-state index in [4.69, 9.17) is 0 Å². The van der Waals surface area contributed by atoms with Gasteiger partial charge in [0.05, 0.1) is 11.4 Å². The van der Waals surface area contributed by atoms with E-state index in [1.165, 1.54) is 18.7 Å². The smallest absolute Gasteiger partial charge is 0.234 e. The van der Waals surface area contributed by atoms with E-state index < -0.39 is 29.0 Å². The van der Waals surface area contributed by atoms with Gasteiger partial charge in [-0.1, -0.05) is 0 Å². The van der Waals surface area contributed by atoms with Gasteiger partial charge in [0.15, 0.2) is 17.5 Å². The van der Waals surface area contributed by atoms with Gasteiger partial charge in [-0.3, -0.25) is 9.59 Å². The van der Waals surface area contributed by atoms with Gasteiger partial charge in [-0.05, 0) is 36.4 Å². The standard InChI is InChI=1S/C16H13F3N2O2S/c1-9(22)20-10-2-4-11(5-3-10)24-8-14(23)21-13-7-6-12(17)15(18)16(13)19/h2-7H,8H2,1H3,(H,20,22)(H,21,23). The second kappa shape index (κ2) is 7.87.